The molecule has 3 aromatic heterocycles. The number of halogens is 1. The van der Waals surface area contributed by atoms with Gasteiger partial charge in [-0.1, -0.05) is 23.7 Å². The van der Waals surface area contributed by atoms with Crippen LogP contribution in [0.15, 0.2) is 59.8 Å². The Labute approximate surface area is 177 Å². The molecule has 0 bridgehead atoms. The zero-order valence-corrected chi connectivity index (χ0v) is 17.2. The number of benzene rings is 1. The molecule has 4 rings (SSSR count). The quantitative estimate of drug-likeness (QED) is 0.504. The van der Waals surface area contributed by atoms with Gasteiger partial charge in [0.05, 0.1) is 6.20 Å². The number of hydrogen-bond donors (Lipinski definition) is 0. The van der Waals surface area contributed by atoms with Gasteiger partial charge < -0.3 is 4.90 Å². The van der Waals surface area contributed by atoms with E-state index in [1.807, 2.05) is 24.3 Å². The summed E-state index contributed by atoms with van der Waals surface area (Å²) in [5.74, 6) is 0.459. The SMILES string of the molecule is CN(CCc1ccc(Cl)cc1)C(=O)n1c(=O)n(C)c2nc(-c3ccncc3)ncc21. The van der Waals surface area contributed by atoms with Gasteiger partial charge in [0.25, 0.3) is 0 Å². The van der Waals surface area contributed by atoms with Crippen molar-refractivity contribution >= 4 is 28.8 Å². The predicted octanol–water partition coefficient (Wildman–Crippen LogP) is 2.99. The maximum Gasteiger partial charge on any atom is 0.338 e. The molecule has 4 aromatic rings. The van der Waals surface area contributed by atoms with E-state index in [1.54, 1.807) is 38.6 Å². The summed E-state index contributed by atoms with van der Waals surface area (Å²) >= 11 is 5.91. The molecule has 0 saturated heterocycles. The number of imidazole rings is 1. The lowest BCUT2D eigenvalue weighted by atomic mass is 10.1. The molecule has 8 nitrogen and oxygen atoms in total. The summed E-state index contributed by atoms with van der Waals surface area (Å²) in [6, 6.07) is 10.6. The van der Waals surface area contributed by atoms with Crippen molar-refractivity contribution in [3.8, 4) is 11.4 Å². The first-order chi connectivity index (χ1) is 14.5. The Morgan fingerprint density at radius 3 is 2.53 bits per heavy atom. The Balaban J connectivity index is 1.63. The number of rotatable bonds is 4. The van der Waals surface area contributed by atoms with Crippen LogP contribution in [0.5, 0.6) is 0 Å². The van der Waals surface area contributed by atoms with Crippen molar-refractivity contribution in [2.24, 2.45) is 7.05 Å². The van der Waals surface area contributed by atoms with Crippen molar-refractivity contribution in [2.45, 2.75) is 6.42 Å². The Morgan fingerprint density at radius 2 is 1.83 bits per heavy atom. The Bertz CT molecular complexity index is 1260. The fourth-order valence-electron chi connectivity index (χ4n) is 3.15. The number of aromatic nitrogens is 5. The number of amides is 1. The lowest BCUT2D eigenvalue weighted by Gasteiger charge is -2.17. The van der Waals surface area contributed by atoms with Gasteiger partial charge in [0.2, 0.25) is 0 Å². The van der Waals surface area contributed by atoms with E-state index < -0.39 is 11.7 Å². The molecule has 0 aliphatic carbocycles. The topological polar surface area (TPSA) is 85.9 Å². The Morgan fingerprint density at radius 1 is 1.13 bits per heavy atom. The summed E-state index contributed by atoms with van der Waals surface area (Å²) in [5, 5.41) is 0.664. The molecular formula is C21H19ClN6O2. The van der Waals surface area contributed by atoms with Crippen LogP contribution in [0, 0.1) is 0 Å². The summed E-state index contributed by atoms with van der Waals surface area (Å²) in [6.07, 6.45) is 5.44. The highest BCUT2D eigenvalue weighted by Gasteiger charge is 2.21. The molecule has 0 spiro atoms. The first-order valence-electron chi connectivity index (χ1n) is 9.30. The molecule has 0 N–H and O–H groups in total. The van der Waals surface area contributed by atoms with Crippen molar-refractivity contribution in [2.75, 3.05) is 13.6 Å². The van der Waals surface area contributed by atoms with Gasteiger partial charge in [-0.3, -0.25) is 9.55 Å². The summed E-state index contributed by atoms with van der Waals surface area (Å²) < 4.78 is 2.46. The molecule has 1 amide bonds. The van der Waals surface area contributed by atoms with Gasteiger partial charge in [-0.25, -0.2) is 24.1 Å². The smallest absolute Gasteiger partial charge is 0.327 e. The summed E-state index contributed by atoms with van der Waals surface area (Å²) in [7, 11) is 3.25. The van der Waals surface area contributed by atoms with Crippen LogP contribution >= 0.6 is 11.6 Å². The Hall–Kier alpha value is -3.52. The normalized spacial score (nSPS) is 11.0. The molecule has 30 heavy (non-hydrogen) atoms. The van der Waals surface area contributed by atoms with Crippen molar-refractivity contribution in [3.05, 3.63) is 76.1 Å². The first kappa shape index (κ1) is 19.8. The third-order valence-electron chi connectivity index (χ3n) is 4.89. The van der Waals surface area contributed by atoms with E-state index in [4.69, 9.17) is 11.6 Å². The standard InChI is InChI=1S/C21H19ClN6O2/c1-26(12-9-14-3-5-16(22)6-4-14)20(29)28-17-13-24-18(15-7-10-23-11-8-15)25-19(17)27(2)21(28)30/h3-8,10-11,13H,9,12H2,1-2H3. The third kappa shape index (κ3) is 3.69. The van der Waals surface area contributed by atoms with E-state index in [0.29, 0.717) is 35.0 Å². The average Bonchev–Trinajstić information content (AvgIpc) is 3.03. The van der Waals surface area contributed by atoms with Crippen LogP contribution in [0.3, 0.4) is 0 Å². The molecule has 152 valence electrons. The highest BCUT2D eigenvalue weighted by molar-refractivity contribution is 6.30. The molecule has 9 heteroatoms. The van der Waals surface area contributed by atoms with Crippen molar-refractivity contribution in [3.63, 3.8) is 0 Å². The number of nitrogens with zero attached hydrogens (tertiary/aromatic N) is 6. The zero-order valence-electron chi connectivity index (χ0n) is 16.5. The highest BCUT2D eigenvalue weighted by atomic mass is 35.5. The third-order valence-corrected chi connectivity index (χ3v) is 5.14. The van der Waals surface area contributed by atoms with Crippen molar-refractivity contribution < 1.29 is 4.79 Å². The molecular weight excluding hydrogens is 404 g/mol. The van der Waals surface area contributed by atoms with Crippen LogP contribution in [0.1, 0.15) is 5.56 Å². The number of carbonyl (C=O) groups is 1. The fourth-order valence-corrected chi connectivity index (χ4v) is 3.28. The van der Waals surface area contributed by atoms with E-state index in [-0.39, 0.29) is 0 Å². The first-order valence-corrected chi connectivity index (χ1v) is 9.68. The minimum Gasteiger partial charge on any atom is -0.327 e. The largest absolute Gasteiger partial charge is 0.338 e. The van der Waals surface area contributed by atoms with Gasteiger partial charge in [0.15, 0.2) is 11.5 Å². The zero-order chi connectivity index (χ0) is 21.3. The molecule has 0 fully saturated rings. The summed E-state index contributed by atoms with van der Waals surface area (Å²) in [4.78, 5) is 40.1. The van der Waals surface area contributed by atoms with E-state index in [1.165, 1.54) is 15.7 Å². The van der Waals surface area contributed by atoms with Gasteiger partial charge in [0, 0.05) is 43.6 Å². The second-order valence-electron chi connectivity index (χ2n) is 6.90. The van der Waals surface area contributed by atoms with Crippen molar-refractivity contribution in [1.29, 1.82) is 0 Å². The lowest BCUT2D eigenvalue weighted by Crippen LogP contribution is -2.38. The number of likely N-dealkylation sites (N-methyl/N-ethyl adjacent to an activating group) is 1. The van der Waals surface area contributed by atoms with Gasteiger partial charge in [-0.05, 0) is 36.2 Å². The average molecular weight is 423 g/mol. The van der Waals surface area contributed by atoms with Gasteiger partial charge in [-0.15, -0.1) is 0 Å². The second kappa shape index (κ2) is 8.08. The van der Waals surface area contributed by atoms with Crippen molar-refractivity contribution in [1.82, 2.24) is 29.0 Å². The minimum absolute atomic E-state index is 0.364. The predicted molar refractivity (Wildman–Crippen MR) is 115 cm³/mol. The van der Waals surface area contributed by atoms with Crippen LogP contribution in [0.25, 0.3) is 22.6 Å². The van der Waals surface area contributed by atoms with E-state index in [2.05, 4.69) is 15.0 Å². The van der Waals surface area contributed by atoms with Gasteiger partial charge in [0.1, 0.15) is 5.52 Å². The maximum absolute atomic E-state index is 13.0. The van der Waals surface area contributed by atoms with Crippen LogP contribution in [-0.4, -0.2) is 48.6 Å². The molecule has 0 saturated carbocycles. The molecule has 0 radical (unpaired) electrons. The molecule has 0 aliphatic rings. The van der Waals surface area contributed by atoms with E-state index in [9.17, 15) is 9.59 Å². The van der Waals surface area contributed by atoms with E-state index in [0.717, 1.165) is 15.7 Å². The minimum atomic E-state index is -0.463. The molecule has 3 heterocycles. The Kier molecular flexibility index (Phi) is 5.33. The summed E-state index contributed by atoms with van der Waals surface area (Å²) in [5.41, 5.74) is 2.12. The molecule has 0 aliphatic heterocycles. The van der Waals surface area contributed by atoms with Crippen LogP contribution in [0.4, 0.5) is 4.79 Å². The molecule has 1 aromatic carbocycles. The van der Waals surface area contributed by atoms with Crippen LogP contribution < -0.4 is 5.69 Å². The monoisotopic (exact) mass is 422 g/mol. The molecule has 0 atom stereocenters. The number of hydrogen-bond acceptors (Lipinski definition) is 5. The van der Waals surface area contributed by atoms with Crippen LogP contribution in [0.2, 0.25) is 5.02 Å². The number of pyridine rings is 1. The lowest BCUT2D eigenvalue weighted by molar-refractivity contribution is 0.211. The van der Waals surface area contributed by atoms with Gasteiger partial charge in [-0.2, -0.15) is 0 Å². The maximum atomic E-state index is 13.0. The number of fused-ring (bicyclic) bond motifs is 1. The number of aryl methyl sites for hydroxylation is 1. The number of carbonyl (C=O) groups excluding carboxylic acids is 1. The van der Waals surface area contributed by atoms with Gasteiger partial charge >= 0.3 is 11.7 Å². The van der Waals surface area contributed by atoms with Crippen LogP contribution in [-0.2, 0) is 13.5 Å². The molecule has 0 unspecified atom stereocenters. The fraction of sp³-hybridized carbons (Fsp3) is 0.190. The second-order valence-corrected chi connectivity index (χ2v) is 7.33. The summed E-state index contributed by atoms with van der Waals surface area (Å²) in [6.45, 7) is 0.444. The van der Waals surface area contributed by atoms with E-state index >= 15 is 0 Å². The highest BCUT2D eigenvalue weighted by Crippen LogP contribution is 2.17.